The number of fused-ring (bicyclic) bond motifs is 1. The quantitative estimate of drug-likeness (QED) is 0.111. The lowest BCUT2D eigenvalue weighted by molar-refractivity contribution is 1.03. The van der Waals surface area contributed by atoms with Gasteiger partial charge in [-0.3, -0.25) is 0 Å². The second kappa shape index (κ2) is 14.9. The summed E-state index contributed by atoms with van der Waals surface area (Å²) in [5, 5.41) is 6.58. The first-order chi connectivity index (χ1) is 23.3. The highest BCUT2D eigenvalue weighted by Gasteiger charge is 2.16. The Hall–Kier alpha value is -5.29. The van der Waals surface area contributed by atoms with Crippen LogP contribution in [0.2, 0.25) is 0 Å². The van der Waals surface area contributed by atoms with Gasteiger partial charge in [0.2, 0.25) is 0 Å². The van der Waals surface area contributed by atoms with Gasteiger partial charge in [-0.25, -0.2) is 0 Å². The van der Waals surface area contributed by atoms with E-state index in [1.54, 1.807) is 0 Å². The highest BCUT2D eigenvalue weighted by atomic mass is 31.1. The molecule has 0 spiro atoms. The molecule has 0 bridgehead atoms. The third-order valence-corrected chi connectivity index (χ3v) is 10.9. The van der Waals surface area contributed by atoms with Gasteiger partial charge in [0.1, 0.15) is 0 Å². The summed E-state index contributed by atoms with van der Waals surface area (Å²) in [4.78, 5) is 0. The Morgan fingerprint density at radius 3 is 1.51 bits per heavy atom. The maximum Gasteiger partial charge on any atom is -0.0111 e. The van der Waals surface area contributed by atoms with E-state index in [4.69, 9.17) is 0 Å². The number of hydrogen-bond acceptors (Lipinski definition) is 0. The molecular weight excluding hydrogens is 583 g/mol. The molecule has 6 aromatic carbocycles. The summed E-state index contributed by atoms with van der Waals surface area (Å²) in [6.45, 7) is 0. The standard InChI is InChI=1S/C46H37P/c1-3-10-36(11-4-1)18-20-38-23-30-43(31-24-38)47(44-32-25-39(26-33-44)21-19-37-12-5-2-6-13-37)45-34-27-40(28-35-45)22-29-42-16-9-15-41-14-7-8-17-46(41)42/h1,3-5,7-35H,2,6H2/b20-18+,21-19+,29-22+. The van der Waals surface area contributed by atoms with E-state index in [1.807, 2.05) is 0 Å². The summed E-state index contributed by atoms with van der Waals surface area (Å²) in [7, 11) is -0.729. The Morgan fingerprint density at radius 1 is 0.404 bits per heavy atom. The molecular formula is C46H37P. The van der Waals surface area contributed by atoms with Gasteiger partial charge in [0, 0.05) is 0 Å². The fourth-order valence-corrected chi connectivity index (χ4v) is 8.17. The third-order valence-electron chi connectivity index (χ3n) is 8.49. The van der Waals surface area contributed by atoms with Crippen LogP contribution in [0.25, 0.3) is 41.2 Å². The van der Waals surface area contributed by atoms with Crippen molar-refractivity contribution in [2.45, 2.75) is 12.8 Å². The molecule has 0 nitrogen and oxygen atoms in total. The van der Waals surface area contributed by atoms with Crippen molar-refractivity contribution in [3.8, 4) is 0 Å². The van der Waals surface area contributed by atoms with Gasteiger partial charge in [0.25, 0.3) is 0 Å². The van der Waals surface area contributed by atoms with Crippen molar-refractivity contribution in [3.63, 3.8) is 0 Å². The van der Waals surface area contributed by atoms with Crippen LogP contribution in [-0.4, -0.2) is 0 Å². The molecule has 0 fully saturated rings. The van der Waals surface area contributed by atoms with Gasteiger partial charge in [-0.15, -0.1) is 0 Å². The smallest absolute Gasteiger partial charge is 0.0111 e. The zero-order valence-electron chi connectivity index (χ0n) is 26.4. The van der Waals surface area contributed by atoms with Crippen molar-refractivity contribution >= 4 is 65.0 Å². The first-order valence-corrected chi connectivity index (χ1v) is 17.7. The molecule has 6 aromatic rings. The van der Waals surface area contributed by atoms with Gasteiger partial charge in [-0.2, -0.15) is 0 Å². The summed E-state index contributed by atoms with van der Waals surface area (Å²) in [6.07, 6.45) is 22.3. The lowest BCUT2D eigenvalue weighted by Crippen LogP contribution is -2.20. The summed E-state index contributed by atoms with van der Waals surface area (Å²) in [6, 6.07) is 52.9. The number of allylic oxidation sites excluding steroid dienone is 5. The molecule has 0 heterocycles. The van der Waals surface area contributed by atoms with Crippen LogP contribution in [0.1, 0.15) is 40.7 Å². The van der Waals surface area contributed by atoms with E-state index in [0.29, 0.717) is 0 Å². The fraction of sp³-hybridized carbons (Fsp3) is 0.0435. The van der Waals surface area contributed by atoms with E-state index in [2.05, 4.69) is 200 Å². The Balaban J connectivity index is 1.17. The summed E-state index contributed by atoms with van der Waals surface area (Å²) < 4.78 is 0. The van der Waals surface area contributed by atoms with Crippen molar-refractivity contribution in [2.24, 2.45) is 0 Å². The Morgan fingerprint density at radius 2 is 0.915 bits per heavy atom. The van der Waals surface area contributed by atoms with Gasteiger partial charge >= 0.3 is 0 Å². The monoisotopic (exact) mass is 620 g/mol. The van der Waals surface area contributed by atoms with E-state index >= 15 is 0 Å². The molecule has 0 N–H and O–H groups in total. The van der Waals surface area contributed by atoms with Crippen LogP contribution in [0.4, 0.5) is 0 Å². The molecule has 0 saturated heterocycles. The molecule has 1 unspecified atom stereocenters. The lowest BCUT2D eigenvalue weighted by Gasteiger charge is -2.20. The van der Waals surface area contributed by atoms with Crippen molar-refractivity contribution in [2.75, 3.05) is 0 Å². The number of hydrogen-bond donors (Lipinski definition) is 0. The predicted molar refractivity (Wildman–Crippen MR) is 209 cm³/mol. The molecule has 0 aliphatic heterocycles. The zero-order chi connectivity index (χ0) is 31.7. The van der Waals surface area contributed by atoms with Gasteiger partial charge < -0.3 is 0 Å². The molecule has 47 heavy (non-hydrogen) atoms. The van der Waals surface area contributed by atoms with Crippen LogP contribution in [0, 0.1) is 0 Å². The van der Waals surface area contributed by atoms with E-state index in [0.717, 1.165) is 12.8 Å². The summed E-state index contributed by atoms with van der Waals surface area (Å²) in [5.74, 6) is 0. The maximum absolute atomic E-state index is 2.31. The normalized spacial score (nSPS) is 13.9. The second-order valence-electron chi connectivity index (χ2n) is 11.8. The average molecular weight is 621 g/mol. The van der Waals surface area contributed by atoms with E-state index in [-0.39, 0.29) is 0 Å². The first-order valence-electron chi connectivity index (χ1n) is 16.3. The second-order valence-corrected chi connectivity index (χ2v) is 14.0. The molecule has 1 heteroatoms. The minimum atomic E-state index is -0.729. The Bertz CT molecular complexity index is 2080. The van der Waals surface area contributed by atoms with Crippen molar-refractivity contribution < 1.29 is 0 Å². The van der Waals surface area contributed by atoms with Gasteiger partial charge in [-0.05, 0) is 80.8 Å². The lowest BCUT2D eigenvalue weighted by atomic mass is 10.0. The molecule has 0 amide bonds. The fourth-order valence-electron chi connectivity index (χ4n) is 5.94. The minimum absolute atomic E-state index is 0.729. The van der Waals surface area contributed by atoms with Crippen LogP contribution in [0.15, 0.2) is 175 Å². The zero-order valence-corrected chi connectivity index (χ0v) is 27.3. The molecule has 226 valence electrons. The van der Waals surface area contributed by atoms with E-state index in [9.17, 15) is 0 Å². The van der Waals surface area contributed by atoms with Gasteiger partial charge in [-0.1, -0.05) is 200 Å². The summed E-state index contributed by atoms with van der Waals surface area (Å²) in [5.41, 5.74) is 7.36. The van der Waals surface area contributed by atoms with Crippen molar-refractivity contribution in [1.82, 2.24) is 0 Å². The first kappa shape index (κ1) is 30.4. The topological polar surface area (TPSA) is 0 Å². The average Bonchev–Trinajstić information content (AvgIpc) is 3.15. The summed E-state index contributed by atoms with van der Waals surface area (Å²) >= 11 is 0. The SMILES string of the molecule is C1=CC(/C=C/c2ccc(P(c3ccc(/C=C/c4ccccc4)cc3)c3ccc(/C=C/c4cccc5ccccc45)cc3)cc2)=CCC1. The largest absolute Gasteiger partial charge is 0.0836 e. The van der Waals surface area contributed by atoms with Crippen LogP contribution in [0.5, 0.6) is 0 Å². The van der Waals surface area contributed by atoms with Crippen molar-refractivity contribution in [3.05, 3.63) is 203 Å². The number of benzene rings is 6. The van der Waals surface area contributed by atoms with Crippen LogP contribution in [-0.2, 0) is 0 Å². The van der Waals surface area contributed by atoms with Gasteiger partial charge in [0.15, 0.2) is 0 Å². The molecule has 0 saturated carbocycles. The Labute approximate surface area is 280 Å². The molecule has 1 aliphatic rings. The van der Waals surface area contributed by atoms with E-state index < -0.39 is 7.92 Å². The number of rotatable bonds is 9. The van der Waals surface area contributed by atoms with Crippen LogP contribution >= 0.6 is 7.92 Å². The van der Waals surface area contributed by atoms with Crippen LogP contribution < -0.4 is 15.9 Å². The van der Waals surface area contributed by atoms with Crippen molar-refractivity contribution in [1.29, 1.82) is 0 Å². The Kier molecular flexibility index (Phi) is 9.61. The molecule has 7 rings (SSSR count). The van der Waals surface area contributed by atoms with Gasteiger partial charge in [0.05, 0.1) is 0 Å². The minimum Gasteiger partial charge on any atom is -0.0836 e. The van der Waals surface area contributed by atoms with E-state index in [1.165, 1.54) is 60.1 Å². The molecule has 0 radical (unpaired) electrons. The molecule has 0 aromatic heterocycles. The highest BCUT2D eigenvalue weighted by Crippen LogP contribution is 2.33. The molecule has 1 atom stereocenters. The van der Waals surface area contributed by atoms with Crippen LogP contribution in [0.3, 0.4) is 0 Å². The molecule has 1 aliphatic carbocycles. The third kappa shape index (κ3) is 7.75. The maximum atomic E-state index is 2.31. The highest BCUT2D eigenvalue weighted by molar-refractivity contribution is 7.79. The predicted octanol–water partition coefficient (Wildman–Crippen LogP) is 11.2.